The summed E-state index contributed by atoms with van der Waals surface area (Å²) in [6, 6.07) is 24.3. The zero-order valence-corrected chi connectivity index (χ0v) is 17.5. The summed E-state index contributed by atoms with van der Waals surface area (Å²) in [7, 11) is -0.581. The van der Waals surface area contributed by atoms with Gasteiger partial charge in [-0.2, -0.15) is 26.3 Å². The molecule has 3 rings (SSSR count). The molecule has 0 aliphatic carbocycles. The number of hydrogen-bond donors (Lipinski definition) is 0. The van der Waals surface area contributed by atoms with Crippen LogP contribution >= 0.6 is 0 Å². The molecule has 0 fully saturated rings. The maximum absolute atomic E-state index is 13.7. The van der Waals surface area contributed by atoms with Crippen LogP contribution in [0.15, 0.2) is 99.6 Å². The number of hydrogen-bond acceptors (Lipinski definition) is 1. The first-order valence-electron chi connectivity index (χ1n) is 9.46. The van der Waals surface area contributed by atoms with E-state index < -0.39 is 41.7 Å². The van der Waals surface area contributed by atoms with Crippen LogP contribution in [0.2, 0.25) is 0 Å². The predicted molar refractivity (Wildman–Crippen MR) is 108 cm³/mol. The van der Waals surface area contributed by atoms with E-state index in [2.05, 4.69) is 4.74 Å². The Morgan fingerprint density at radius 1 is 0.636 bits per heavy atom. The lowest BCUT2D eigenvalue weighted by Crippen LogP contribution is -2.59. The van der Waals surface area contributed by atoms with Crippen LogP contribution < -0.4 is 4.74 Å². The number of ether oxygens (including phenoxy) is 1. The Bertz CT molecular complexity index is 988. The highest BCUT2D eigenvalue weighted by Crippen LogP contribution is 2.48. The van der Waals surface area contributed by atoms with Crippen molar-refractivity contribution in [2.45, 2.75) is 38.9 Å². The monoisotopic (exact) mass is 493 g/mol. The van der Waals surface area contributed by atoms with Crippen molar-refractivity contribution in [3.05, 3.63) is 84.9 Å². The number of benzene rings is 3. The van der Waals surface area contributed by atoms with Gasteiger partial charge in [0.1, 0.15) is 5.75 Å². The molecule has 3 aromatic carbocycles. The van der Waals surface area contributed by atoms with Gasteiger partial charge >= 0.3 is 24.2 Å². The van der Waals surface area contributed by atoms with Gasteiger partial charge in [-0.3, -0.25) is 0 Å². The summed E-state index contributed by atoms with van der Waals surface area (Å²) in [6.07, 6.45) is -4.97. The first-order valence-corrected chi connectivity index (χ1v) is 10.7. The van der Waals surface area contributed by atoms with Crippen molar-refractivity contribution >= 4 is 10.9 Å². The Hall–Kier alpha value is -2.75. The van der Waals surface area contributed by atoms with Gasteiger partial charge in [0.2, 0.25) is 0 Å². The average Bonchev–Trinajstić information content (AvgIpc) is 2.80. The molecule has 0 bridgehead atoms. The summed E-state index contributed by atoms with van der Waals surface area (Å²) in [6.45, 7) is -2.20. The second kappa shape index (κ2) is 9.62. The van der Waals surface area contributed by atoms with Crippen molar-refractivity contribution in [2.24, 2.45) is 0 Å². The molecule has 0 atom stereocenters. The zero-order chi connectivity index (χ0) is 24.3. The molecule has 0 N–H and O–H groups in total. The first-order chi connectivity index (χ1) is 15.5. The molecule has 0 heterocycles. The summed E-state index contributed by atoms with van der Waals surface area (Å²) in [5.41, 5.74) is 0. The van der Waals surface area contributed by atoms with Crippen LogP contribution in [0, 0.1) is 0 Å². The van der Waals surface area contributed by atoms with Crippen LogP contribution in [0.3, 0.4) is 0 Å². The summed E-state index contributed by atoms with van der Waals surface area (Å²) < 4.78 is 109. The van der Waals surface area contributed by atoms with Crippen molar-refractivity contribution in [1.29, 1.82) is 0 Å². The zero-order valence-electron chi connectivity index (χ0n) is 16.7. The summed E-state index contributed by atoms with van der Waals surface area (Å²) in [5, 5.41) is 0. The van der Waals surface area contributed by atoms with E-state index in [4.69, 9.17) is 0 Å². The number of alkyl halides is 8. The van der Waals surface area contributed by atoms with E-state index in [1.54, 1.807) is 0 Å². The van der Waals surface area contributed by atoms with Gasteiger partial charge in [0.05, 0.1) is 10.9 Å². The van der Waals surface area contributed by atoms with Crippen LogP contribution in [0.5, 0.6) is 5.75 Å². The predicted octanol–water partition coefficient (Wildman–Crippen LogP) is 7.33. The van der Waals surface area contributed by atoms with E-state index in [1.165, 1.54) is 24.3 Å². The minimum atomic E-state index is -6.30. The third-order valence-electron chi connectivity index (χ3n) is 4.59. The molecule has 0 aliphatic rings. The van der Waals surface area contributed by atoms with Crippen molar-refractivity contribution in [2.75, 3.05) is 6.61 Å². The van der Waals surface area contributed by atoms with E-state index in [0.717, 1.165) is 14.7 Å². The van der Waals surface area contributed by atoms with Crippen LogP contribution in [0.25, 0.3) is 0 Å². The van der Waals surface area contributed by atoms with Crippen molar-refractivity contribution in [1.82, 2.24) is 0 Å². The fraction of sp³-hybridized carbons (Fsp3) is 0.217. The van der Waals surface area contributed by atoms with Gasteiger partial charge in [0.25, 0.3) is 0 Å². The summed E-state index contributed by atoms with van der Waals surface area (Å²) in [5.74, 6) is -18.4. The highest BCUT2D eigenvalue weighted by molar-refractivity contribution is 7.97. The molecule has 0 unspecified atom stereocenters. The van der Waals surface area contributed by atoms with Gasteiger partial charge in [0, 0.05) is 0 Å². The Labute approximate surface area is 187 Å². The van der Waals surface area contributed by atoms with Crippen LogP contribution in [-0.4, -0.2) is 30.8 Å². The fourth-order valence-corrected chi connectivity index (χ4v) is 4.92. The van der Waals surface area contributed by atoms with Gasteiger partial charge < -0.3 is 4.74 Å². The number of rotatable bonds is 9. The van der Waals surface area contributed by atoms with Crippen LogP contribution in [-0.2, 0) is 10.9 Å². The van der Waals surface area contributed by atoms with Gasteiger partial charge in [-0.25, -0.2) is 8.78 Å². The van der Waals surface area contributed by atoms with E-state index in [-0.39, 0.29) is 5.75 Å². The standard InChI is InChI=1S/C23H17F8OS/c24-20(25)22(28,29)23(30,31)21(26,27)15-32-16-11-13-19(14-12-16)33(17-7-3-1-4-8-17)18-9-5-2-6-10-18/h1-14,20H,15H2/q+1. The second-order valence-corrected chi connectivity index (χ2v) is 8.92. The van der Waals surface area contributed by atoms with Crippen molar-refractivity contribution in [3.8, 4) is 5.75 Å². The number of halogens is 8. The Balaban J connectivity index is 1.81. The van der Waals surface area contributed by atoms with Gasteiger partial charge in [-0.05, 0) is 48.5 Å². The molecule has 0 amide bonds. The quantitative estimate of drug-likeness (QED) is 0.224. The maximum Gasteiger partial charge on any atom is 0.381 e. The Morgan fingerprint density at radius 2 is 1.06 bits per heavy atom. The van der Waals surface area contributed by atoms with Crippen LogP contribution in [0.1, 0.15) is 0 Å². The lowest BCUT2D eigenvalue weighted by molar-refractivity contribution is -0.342. The molecule has 0 spiro atoms. The molecule has 0 saturated carbocycles. The third kappa shape index (κ3) is 5.10. The van der Waals surface area contributed by atoms with E-state index in [1.807, 2.05) is 60.7 Å². The lowest BCUT2D eigenvalue weighted by atomic mass is 10.1. The van der Waals surface area contributed by atoms with E-state index >= 15 is 0 Å². The van der Waals surface area contributed by atoms with Crippen molar-refractivity contribution in [3.63, 3.8) is 0 Å². The molecule has 1 nitrogen and oxygen atoms in total. The molecule has 10 heteroatoms. The molecule has 33 heavy (non-hydrogen) atoms. The average molecular weight is 493 g/mol. The molecule has 176 valence electrons. The highest BCUT2D eigenvalue weighted by atomic mass is 32.2. The summed E-state index contributed by atoms with van der Waals surface area (Å²) in [4.78, 5) is 2.66. The van der Waals surface area contributed by atoms with E-state index in [9.17, 15) is 35.1 Å². The third-order valence-corrected chi connectivity index (χ3v) is 6.82. The minimum Gasteiger partial charge on any atom is -0.487 e. The highest BCUT2D eigenvalue weighted by Gasteiger charge is 2.75. The molecular weight excluding hydrogens is 476 g/mol. The minimum absolute atomic E-state index is 0.306. The smallest absolute Gasteiger partial charge is 0.381 e. The SMILES string of the molecule is FC(F)C(F)(F)C(F)(F)C(F)(F)COc1ccc([S+](c2ccccc2)c2ccccc2)cc1. The fourth-order valence-electron chi connectivity index (χ4n) is 2.84. The molecule has 0 radical (unpaired) electrons. The first kappa shape index (κ1) is 24.9. The van der Waals surface area contributed by atoms with Crippen molar-refractivity contribution < 1.29 is 39.9 Å². The molecule has 3 aromatic rings. The second-order valence-electron chi connectivity index (χ2n) is 6.89. The lowest BCUT2D eigenvalue weighted by Gasteiger charge is -2.31. The molecule has 0 saturated heterocycles. The normalized spacial score (nSPS) is 12.9. The van der Waals surface area contributed by atoms with Gasteiger partial charge in [-0.15, -0.1) is 0 Å². The summed E-state index contributed by atoms with van der Waals surface area (Å²) >= 11 is 0. The molecule has 0 aromatic heterocycles. The van der Waals surface area contributed by atoms with E-state index in [0.29, 0.717) is 0 Å². The Morgan fingerprint density at radius 3 is 1.48 bits per heavy atom. The molecular formula is C23H17F8OS+. The van der Waals surface area contributed by atoms with Crippen LogP contribution in [0.4, 0.5) is 35.1 Å². The maximum atomic E-state index is 13.7. The largest absolute Gasteiger partial charge is 0.487 e. The topological polar surface area (TPSA) is 9.23 Å². The Kier molecular flexibility index (Phi) is 7.26. The molecule has 0 aliphatic heterocycles. The van der Waals surface area contributed by atoms with Gasteiger partial charge in [-0.1, -0.05) is 36.4 Å². The van der Waals surface area contributed by atoms with Gasteiger partial charge in [0.15, 0.2) is 21.3 Å².